The van der Waals surface area contributed by atoms with Crippen molar-refractivity contribution in [3.63, 3.8) is 0 Å². The van der Waals surface area contributed by atoms with Gasteiger partial charge in [-0.1, -0.05) is 0 Å². The van der Waals surface area contributed by atoms with E-state index in [1.165, 1.54) is 6.92 Å². The summed E-state index contributed by atoms with van der Waals surface area (Å²) in [6.07, 6.45) is -1.43. The van der Waals surface area contributed by atoms with E-state index in [-0.39, 0.29) is 24.3 Å². The van der Waals surface area contributed by atoms with Crippen molar-refractivity contribution in [3.8, 4) is 0 Å². The van der Waals surface area contributed by atoms with Gasteiger partial charge in [0.1, 0.15) is 18.3 Å². The zero-order valence-corrected chi connectivity index (χ0v) is 11.4. The number of methoxy groups -OCH3 is 2. The van der Waals surface area contributed by atoms with Crippen LogP contribution in [0, 0.1) is 0 Å². The minimum atomic E-state index is -0.516. The van der Waals surface area contributed by atoms with Crippen LogP contribution in [-0.4, -0.2) is 64.4 Å². The summed E-state index contributed by atoms with van der Waals surface area (Å²) in [5.74, 6) is -0.371. The zero-order chi connectivity index (χ0) is 13.5. The SMILES string of the molecule is CCOC1COC(COC)C(OC(C)=O)C1OC. The first-order valence-corrected chi connectivity index (χ1v) is 6.06. The average Bonchev–Trinajstić information content (AvgIpc) is 2.32. The summed E-state index contributed by atoms with van der Waals surface area (Å²) in [6.45, 7) is 4.56. The van der Waals surface area contributed by atoms with Gasteiger partial charge in [0.25, 0.3) is 0 Å². The van der Waals surface area contributed by atoms with Gasteiger partial charge >= 0.3 is 5.97 Å². The molecular formula is C12H22O6. The molecule has 1 heterocycles. The molecule has 6 nitrogen and oxygen atoms in total. The Hall–Kier alpha value is -0.690. The molecule has 0 bridgehead atoms. The summed E-state index contributed by atoms with van der Waals surface area (Å²) in [7, 11) is 3.15. The van der Waals surface area contributed by atoms with Crippen molar-refractivity contribution in [3.05, 3.63) is 0 Å². The number of carbonyl (C=O) groups excluding carboxylic acids is 1. The van der Waals surface area contributed by atoms with Crippen LogP contribution in [0.2, 0.25) is 0 Å². The van der Waals surface area contributed by atoms with Crippen LogP contribution in [-0.2, 0) is 28.5 Å². The second kappa shape index (κ2) is 7.68. The molecule has 1 aliphatic rings. The molecule has 0 aromatic carbocycles. The normalized spacial score (nSPS) is 32.2. The summed E-state index contributed by atoms with van der Waals surface area (Å²) in [5, 5.41) is 0. The molecule has 6 heteroatoms. The highest BCUT2D eigenvalue weighted by Gasteiger charge is 2.43. The molecule has 1 fully saturated rings. The summed E-state index contributed by atoms with van der Waals surface area (Å²) < 4.78 is 26.9. The summed E-state index contributed by atoms with van der Waals surface area (Å²) in [4.78, 5) is 11.2. The van der Waals surface area contributed by atoms with Crippen LogP contribution in [0.5, 0.6) is 0 Å². The van der Waals surface area contributed by atoms with Gasteiger partial charge in [0, 0.05) is 27.8 Å². The lowest BCUT2D eigenvalue weighted by atomic mass is 9.99. The Kier molecular flexibility index (Phi) is 6.56. The lowest BCUT2D eigenvalue weighted by molar-refractivity contribution is -0.228. The molecule has 0 aliphatic carbocycles. The van der Waals surface area contributed by atoms with Crippen LogP contribution in [0.1, 0.15) is 13.8 Å². The summed E-state index contributed by atoms with van der Waals surface area (Å²) in [5.41, 5.74) is 0. The minimum absolute atomic E-state index is 0.238. The van der Waals surface area contributed by atoms with Gasteiger partial charge in [-0.3, -0.25) is 4.79 Å². The molecule has 0 aromatic heterocycles. The molecule has 4 atom stereocenters. The highest BCUT2D eigenvalue weighted by atomic mass is 16.6. The lowest BCUT2D eigenvalue weighted by Gasteiger charge is -2.40. The topological polar surface area (TPSA) is 63.2 Å². The van der Waals surface area contributed by atoms with E-state index >= 15 is 0 Å². The molecule has 106 valence electrons. The van der Waals surface area contributed by atoms with E-state index in [1.807, 2.05) is 6.92 Å². The molecule has 0 amide bonds. The van der Waals surface area contributed by atoms with Crippen LogP contribution < -0.4 is 0 Å². The van der Waals surface area contributed by atoms with Gasteiger partial charge in [-0.25, -0.2) is 0 Å². The predicted octanol–water partition coefficient (Wildman–Crippen LogP) is 0.383. The van der Waals surface area contributed by atoms with Gasteiger partial charge in [0.2, 0.25) is 0 Å². The Bertz CT molecular complexity index is 257. The van der Waals surface area contributed by atoms with E-state index in [1.54, 1.807) is 14.2 Å². The molecular weight excluding hydrogens is 240 g/mol. The summed E-state index contributed by atoms with van der Waals surface area (Å²) in [6, 6.07) is 0. The Morgan fingerprint density at radius 2 is 2.06 bits per heavy atom. The Morgan fingerprint density at radius 1 is 1.33 bits per heavy atom. The van der Waals surface area contributed by atoms with Crippen LogP contribution >= 0.6 is 0 Å². The highest BCUT2D eigenvalue weighted by Crippen LogP contribution is 2.23. The van der Waals surface area contributed by atoms with E-state index in [0.29, 0.717) is 19.8 Å². The maximum Gasteiger partial charge on any atom is 0.303 e. The van der Waals surface area contributed by atoms with Gasteiger partial charge in [-0.05, 0) is 6.92 Å². The van der Waals surface area contributed by atoms with E-state index in [0.717, 1.165) is 0 Å². The molecule has 0 spiro atoms. The van der Waals surface area contributed by atoms with E-state index in [4.69, 9.17) is 23.7 Å². The fourth-order valence-corrected chi connectivity index (χ4v) is 2.12. The Balaban J connectivity index is 2.77. The maximum absolute atomic E-state index is 11.2. The third-order valence-corrected chi connectivity index (χ3v) is 2.82. The molecule has 1 aliphatic heterocycles. The number of carbonyl (C=O) groups is 1. The monoisotopic (exact) mass is 262 g/mol. The molecule has 0 N–H and O–H groups in total. The van der Waals surface area contributed by atoms with Crippen molar-refractivity contribution in [1.82, 2.24) is 0 Å². The number of hydrogen-bond donors (Lipinski definition) is 0. The highest BCUT2D eigenvalue weighted by molar-refractivity contribution is 5.66. The third-order valence-electron chi connectivity index (χ3n) is 2.82. The number of ether oxygens (including phenoxy) is 5. The van der Waals surface area contributed by atoms with Gasteiger partial charge in [0.05, 0.1) is 13.2 Å². The quantitative estimate of drug-likeness (QED) is 0.645. The first-order valence-electron chi connectivity index (χ1n) is 6.06. The van der Waals surface area contributed by atoms with Gasteiger partial charge < -0.3 is 23.7 Å². The molecule has 18 heavy (non-hydrogen) atoms. The van der Waals surface area contributed by atoms with Crippen LogP contribution in [0.4, 0.5) is 0 Å². The first-order chi connectivity index (χ1) is 8.63. The van der Waals surface area contributed by atoms with Gasteiger partial charge in [-0.2, -0.15) is 0 Å². The molecule has 1 rings (SSSR count). The van der Waals surface area contributed by atoms with E-state index in [9.17, 15) is 4.79 Å². The predicted molar refractivity (Wildman–Crippen MR) is 63.4 cm³/mol. The van der Waals surface area contributed by atoms with Crippen molar-refractivity contribution in [1.29, 1.82) is 0 Å². The van der Waals surface area contributed by atoms with Gasteiger partial charge in [0.15, 0.2) is 6.10 Å². The fourth-order valence-electron chi connectivity index (χ4n) is 2.12. The summed E-state index contributed by atoms with van der Waals surface area (Å²) >= 11 is 0. The Morgan fingerprint density at radius 3 is 2.56 bits per heavy atom. The van der Waals surface area contributed by atoms with Crippen molar-refractivity contribution in [2.45, 2.75) is 38.3 Å². The van der Waals surface area contributed by atoms with Gasteiger partial charge in [-0.15, -0.1) is 0 Å². The van der Waals surface area contributed by atoms with Crippen LogP contribution in [0.15, 0.2) is 0 Å². The molecule has 0 aromatic rings. The second-order valence-corrected chi connectivity index (χ2v) is 4.10. The molecule has 0 saturated carbocycles. The second-order valence-electron chi connectivity index (χ2n) is 4.10. The first kappa shape index (κ1) is 15.4. The number of esters is 1. The zero-order valence-electron chi connectivity index (χ0n) is 11.4. The van der Waals surface area contributed by atoms with Crippen LogP contribution in [0.3, 0.4) is 0 Å². The maximum atomic E-state index is 11.2. The lowest BCUT2D eigenvalue weighted by Crippen LogP contribution is -2.57. The largest absolute Gasteiger partial charge is 0.457 e. The number of hydrogen-bond acceptors (Lipinski definition) is 6. The van der Waals surface area contributed by atoms with Crippen molar-refractivity contribution >= 4 is 5.97 Å². The number of rotatable bonds is 6. The minimum Gasteiger partial charge on any atom is -0.457 e. The fraction of sp³-hybridized carbons (Fsp3) is 0.917. The molecule has 1 saturated heterocycles. The third kappa shape index (κ3) is 3.91. The standard InChI is InChI=1S/C12H22O6/c1-5-16-10-7-17-9(6-14-3)12(11(10)15-4)18-8(2)13/h9-12H,5-7H2,1-4H3. The Labute approximate surface area is 107 Å². The average molecular weight is 262 g/mol. The van der Waals surface area contributed by atoms with E-state index in [2.05, 4.69) is 0 Å². The molecule has 4 unspecified atom stereocenters. The smallest absolute Gasteiger partial charge is 0.303 e. The van der Waals surface area contributed by atoms with Crippen molar-refractivity contribution in [2.24, 2.45) is 0 Å². The van der Waals surface area contributed by atoms with Crippen molar-refractivity contribution in [2.75, 3.05) is 34.0 Å². The molecule has 0 radical (unpaired) electrons. The van der Waals surface area contributed by atoms with Crippen molar-refractivity contribution < 1.29 is 28.5 Å². The van der Waals surface area contributed by atoms with E-state index < -0.39 is 6.10 Å². The van der Waals surface area contributed by atoms with Crippen LogP contribution in [0.25, 0.3) is 0 Å².